The van der Waals surface area contributed by atoms with Crippen LogP contribution in [0.4, 0.5) is 5.69 Å². The lowest BCUT2D eigenvalue weighted by molar-refractivity contribution is -0.142. The molecule has 2 aromatic rings. The van der Waals surface area contributed by atoms with E-state index in [1.54, 1.807) is 25.3 Å². The van der Waals surface area contributed by atoms with Crippen LogP contribution in [0.25, 0.3) is 6.08 Å². The number of amides is 1. The Labute approximate surface area is 162 Å². The van der Waals surface area contributed by atoms with Gasteiger partial charge < -0.3 is 14.8 Å². The molecule has 0 bridgehead atoms. The first kappa shape index (κ1) is 18.6. The van der Waals surface area contributed by atoms with E-state index in [9.17, 15) is 9.59 Å². The van der Waals surface area contributed by atoms with Gasteiger partial charge in [-0.1, -0.05) is 24.3 Å². The number of benzene rings is 2. The van der Waals surface area contributed by atoms with Crippen LogP contribution in [0.1, 0.15) is 18.1 Å². The van der Waals surface area contributed by atoms with Crippen molar-refractivity contribution in [3.8, 4) is 5.75 Å². The van der Waals surface area contributed by atoms with Gasteiger partial charge in [-0.2, -0.15) is 0 Å². The maximum Gasteiger partial charge on any atom is 0.302 e. The Hall–Kier alpha value is -3.19. The summed E-state index contributed by atoms with van der Waals surface area (Å²) in [7, 11) is 1.54. The number of anilines is 1. The standard InChI is InChI=1S/C20H18N2O4S/c1-13(23)26-12-15-10-14(8-9-18(15)25-2)11-17-19(24)22(20(27)21-17)16-6-4-3-5-7-16/h3-11H,12H2,1-2H3,(H,21,27)/b17-11-. The summed E-state index contributed by atoms with van der Waals surface area (Å²) in [6.07, 6.45) is 1.70. The molecule has 0 atom stereocenters. The number of methoxy groups -OCH3 is 1. The van der Waals surface area contributed by atoms with E-state index in [-0.39, 0.29) is 18.5 Å². The largest absolute Gasteiger partial charge is 0.496 e. The van der Waals surface area contributed by atoms with Gasteiger partial charge in [0.15, 0.2) is 5.11 Å². The molecule has 3 rings (SSSR count). The maximum atomic E-state index is 12.8. The van der Waals surface area contributed by atoms with Gasteiger partial charge >= 0.3 is 5.97 Å². The number of ether oxygens (including phenoxy) is 2. The van der Waals surface area contributed by atoms with Crippen LogP contribution >= 0.6 is 12.2 Å². The summed E-state index contributed by atoms with van der Waals surface area (Å²) in [6, 6.07) is 14.6. The molecule has 1 N–H and O–H groups in total. The zero-order valence-corrected chi connectivity index (χ0v) is 15.7. The minimum atomic E-state index is -0.378. The predicted octanol–water partition coefficient (Wildman–Crippen LogP) is 3.02. The molecule has 6 nitrogen and oxygen atoms in total. The van der Waals surface area contributed by atoms with Crippen LogP contribution in [0.3, 0.4) is 0 Å². The van der Waals surface area contributed by atoms with Gasteiger partial charge in [-0.15, -0.1) is 0 Å². The average molecular weight is 382 g/mol. The molecule has 0 aromatic heterocycles. The van der Waals surface area contributed by atoms with E-state index in [4.69, 9.17) is 21.7 Å². The summed E-state index contributed by atoms with van der Waals surface area (Å²) in [4.78, 5) is 25.3. The van der Waals surface area contributed by atoms with Gasteiger partial charge in [0, 0.05) is 12.5 Å². The second kappa shape index (κ2) is 8.01. The first-order valence-corrected chi connectivity index (χ1v) is 8.63. The number of hydrogen-bond donors (Lipinski definition) is 1. The third kappa shape index (κ3) is 4.15. The van der Waals surface area contributed by atoms with E-state index in [0.717, 1.165) is 5.56 Å². The molecule has 0 aliphatic carbocycles. The van der Waals surface area contributed by atoms with E-state index in [1.807, 2.05) is 36.4 Å². The zero-order valence-electron chi connectivity index (χ0n) is 14.9. The van der Waals surface area contributed by atoms with Gasteiger partial charge in [-0.05, 0) is 48.1 Å². The van der Waals surface area contributed by atoms with Crippen LogP contribution in [0.5, 0.6) is 5.75 Å². The Morgan fingerprint density at radius 3 is 2.63 bits per heavy atom. The Morgan fingerprint density at radius 1 is 1.22 bits per heavy atom. The van der Waals surface area contributed by atoms with Crippen molar-refractivity contribution in [2.75, 3.05) is 12.0 Å². The molecule has 0 saturated carbocycles. The predicted molar refractivity (Wildman–Crippen MR) is 106 cm³/mol. The number of carbonyl (C=O) groups is 2. The van der Waals surface area contributed by atoms with Crippen molar-refractivity contribution >= 4 is 41.0 Å². The minimum Gasteiger partial charge on any atom is -0.496 e. The van der Waals surface area contributed by atoms with Crippen molar-refractivity contribution < 1.29 is 19.1 Å². The third-order valence-corrected chi connectivity index (χ3v) is 4.22. The second-order valence-corrected chi connectivity index (χ2v) is 6.20. The quantitative estimate of drug-likeness (QED) is 0.487. The number of para-hydroxylation sites is 1. The van der Waals surface area contributed by atoms with Gasteiger partial charge in [0.1, 0.15) is 18.1 Å². The molecule has 1 saturated heterocycles. The van der Waals surface area contributed by atoms with Crippen LogP contribution in [0.15, 0.2) is 54.2 Å². The van der Waals surface area contributed by atoms with Crippen molar-refractivity contribution in [1.29, 1.82) is 0 Å². The Kier molecular flexibility index (Phi) is 5.52. The molecular weight excluding hydrogens is 364 g/mol. The smallest absolute Gasteiger partial charge is 0.302 e. The lowest BCUT2D eigenvalue weighted by Gasteiger charge is -2.13. The van der Waals surface area contributed by atoms with Crippen molar-refractivity contribution in [1.82, 2.24) is 5.32 Å². The molecule has 0 unspecified atom stereocenters. The second-order valence-electron chi connectivity index (χ2n) is 5.82. The monoisotopic (exact) mass is 382 g/mol. The van der Waals surface area contributed by atoms with E-state index in [2.05, 4.69) is 5.32 Å². The fourth-order valence-electron chi connectivity index (χ4n) is 2.69. The summed E-state index contributed by atoms with van der Waals surface area (Å²) in [6.45, 7) is 1.43. The lowest BCUT2D eigenvalue weighted by atomic mass is 10.1. The first-order valence-electron chi connectivity index (χ1n) is 8.22. The number of rotatable bonds is 5. The molecular formula is C20H18N2O4S. The van der Waals surface area contributed by atoms with Crippen molar-refractivity contribution in [2.24, 2.45) is 0 Å². The highest BCUT2D eigenvalue weighted by Crippen LogP contribution is 2.25. The molecule has 0 spiro atoms. The normalized spacial score (nSPS) is 15.0. The number of thiocarbonyl (C=S) groups is 1. The fourth-order valence-corrected chi connectivity index (χ4v) is 2.99. The lowest BCUT2D eigenvalue weighted by Crippen LogP contribution is -2.30. The van der Waals surface area contributed by atoms with E-state index < -0.39 is 0 Å². The fraction of sp³-hybridized carbons (Fsp3) is 0.150. The molecule has 0 radical (unpaired) electrons. The Bertz CT molecular complexity index is 925. The minimum absolute atomic E-state index is 0.0887. The van der Waals surface area contributed by atoms with Gasteiger partial charge in [-0.3, -0.25) is 14.5 Å². The number of hydrogen-bond acceptors (Lipinski definition) is 5. The van der Waals surface area contributed by atoms with Crippen LogP contribution in [0, 0.1) is 0 Å². The molecule has 7 heteroatoms. The van der Waals surface area contributed by atoms with E-state index in [1.165, 1.54) is 11.8 Å². The molecule has 1 heterocycles. The number of nitrogens with one attached hydrogen (secondary N) is 1. The van der Waals surface area contributed by atoms with Gasteiger partial charge in [0.2, 0.25) is 0 Å². The van der Waals surface area contributed by atoms with Crippen molar-refractivity contribution in [2.45, 2.75) is 13.5 Å². The highest BCUT2D eigenvalue weighted by molar-refractivity contribution is 7.80. The summed E-state index contributed by atoms with van der Waals surface area (Å²) in [5.74, 6) is -0.00797. The van der Waals surface area contributed by atoms with Crippen LogP contribution in [-0.2, 0) is 20.9 Å². The molecule has 1 fully saturated rings. The van der Waals surface area contributed by atoms with E-state index in [0.29, 0.717) is 27.8 Å². The van der Waals surface area contributed by atoms with Crippen molar-refractivity contribution in [3.63, 3.8) is 0 Å². The summed E-state index contributed by atoms with van der Waals surface area (Å²) in [5.41, 5.74) is 2.53. The SMILES string of the molecule is COc1ccc(/C=C2\NC(=S)N(c3ccccc3)C2=O)cc1COC(C)=O. The Balaban J connectivity index is 1.88. The van der Waals surface area contributed by atoms with Gasteiger partial charge in [0.05, 0.1) is 12.8 Å². The number of esters is 1. The molecule has 2 aromatic carbocycles. The van der Waals surface area contributed by atoms with Gasteiger partial charge in [-0.25, -0.2) is 0 Å². The van der Waals surface area contributed by atoms with Crippen LogP contribution in [0.2, 0.25) is 0 Å². The average Bonchev–Trinajstić information content (AvgIpc) is 2.94. The summed E-state index contributed by atoms with van der Waals surface area (Å²) in [5, 5.41) is 3.28. The zero-order chi connectivity index (χ0) is 19.4. The molecule has 1 aliphatic heterocycles. The maximum absolute atomic E-state index is 12.8. The van der Waals surface area contributed by atoms with Crippen molar-refractivity contribution in [3.05, 3.63) is 65.4 Å². The summed E-state index contributed by atoms with van der Waals surface area (Å²) >= 11 is 5.30. The highest BCUT2D eigenvalue weighted by atomic mass is 32.1. The van der Waals surface area contributed by atoms with Crippen LogP contribution < -0.4 is 15.0 Å². The van der Waals surface area contributed by atoms with E-state index >= 15 is 0 Å². The number of nitrogens with zero attached hydrogens (tertiary/aromatic N) is 1. The topological polar surface area (TPSA) is 67.9 Å². The molecule has 27 heavy (non-hydrogen) atoms. The molecule has 1 aliphatic rings. The molecule has 138 valence electrons. The number of carbonyl (C=O) groups excluding carboxylic acids is 2. The van der Waals surface area contributed by atoms with Crippen LogP contribution in [-0.4, -0.2) is 24.1 Å². The Morgan fingerprint density at radius 2 is 1.96 bits per heavy atom. The highest BCUT2D eigenvalue weighted by Gasteiger charge is 2.31. The first-order chi connectivity index (χ1) is 13.0. The molecule has 1 amide bonds. The summed E-state index contributed by atoms with van der Waals surface area (Å²) < 4.78 is 10.3. The van der Waals surface area contributed by atoms with Gasteiger partial charge in [0.25, 0.3) is 5.91 Å². The third-order valence-electron chi connectivity index (χ3n) is 3.94.